The van der Waals surface area contributed by atoms with E-state index in [0.29, 0.717) is 17.5 Å². The first-order chi connectivity index (χ1) is 33.7. The van der Waals surface area contributed by atoms with Crippen molar-refractivity contribution >= 4 is 43.7 Å². The van der Waals surface area contributed by atoms with Gasteiger partial charge in [-0.15, -0.1) is 0 Å². The molecule has 0 unspecified atom stereocenters. The Hall–Kier alpha value is -9.19. The lowest BCUT2D eigenvalue weighted by Gasteiger charge is -2.11. The van der Waals surface area contributed by atoms with E-state index >= 15 is 0 Å². The van der Waals surface area contributed by atoms with E-state index in [1.807, 2.05) is 12.1 Å². The lowest BCUT2D eigenvalue weighted by molar-refractivity contribution is 0.669. The number of para-hydroxylation sites is 2. The Kier molecular flexibility index (Phi) is 9.43. The van der Waals surface area contributed by atoms with Gasteiger partial charge in [-0.05, 0) is 99.1 Å². The molecule has 0 N–H and O–H groups in total. The molecule has 0 bridgehead atoms. The predicted octanol–water partition coefficient (Wildman–Crippen LogP) is 16.5. The van der Waals surface area contributed by atoms with Gasteiger partial charge in [0.05, 0.1) is 22.0 Å². The highest BCUT2D eigenvalue weighted by Crippen LogP contribution is 2.43. The van der Waals surface area contributed by atoms with Crippen LogP contribution in [0.15, 0.2) is 247 Å². The van der Waals surface area contributed by atoms with Gasteiger partial charge >= 0.3 is 0 Å². The highest BCUT2D eigenvalue weighted by Gasteiger charge is 2.23. The van der Waals surface area contributed by atoms with Crippen molar-refractivity contribution in [3.8, 4) is 84.4 Å². The van der Waals surface area contributed by atoms with Crippen LogP contribution in [0.2, 0.25) is 0 Å². The van der Waals surface area contributed by atoms with Crippen molar-refractivity contribution in [3.63, 3.8) is 0 Å². The van der Waals surface area contributed by atoms with Gasteiger partial charge in [-0.2, -0.15) is 0 Å². The van der Waals surface area contributed by atoms with E-state index in [0.717, 1.165) is 88.6 Å². The molecule has 0 saturated heterocycles. The summed E-state index contributed by atoms with van der Waals surface area (Å²) >= 11 is 0. The topological polar surface area (TPSA) is 56.7 Å². The molecule has 318 valence electrons. The fourth-order valence-electron chi connectivity index (χ4n) is 9.79. The molecule has 0 aliphatic heterocycles. The van der Waals surface area contributed by atoms with Gasteiger partial charge in [0.2, 0.25) is 0 Å². The Morgan fingerprint density at radius 2 is 0.750 bits per heavy atom. The van der Waals surface area contributed by atoms with Crippen molar-refractivity contribution in [3.05, 3.63) is 243 Å². The number of rotatable bonds is 8. The first kappa shape index (κ1) is 39.2. The van der Waals surface area contributed by atoms with Crippen molar-refractivity contribution in [2.24, 2.45) is 0 Å². The quantitative estimate of drug-likeness (QED) is 0.153. The molecule has 0 fully saturated rings. The Bertz CT molecular complexity index is 3900. The van der Waals surface area contributed by atoms with E-state index in [4.69, 9.17) is 19.4 Å². The van der Waals surface area contributed by atoms with Gasteiger partial charge in [-0.25, -0.2) is 15.0 Å². The normalized spacial score (nSPS) is 11.5. The van der Waals surface area contributed by atoms with E-state index < -0.39 is 0 Å². The number of hydrogen-bond acceptors (Lipinski definition) is 4. The number of nitrogens with zero attached hydrogens (tertiary/aromatic N) is 4. The zero-order valence-corrected chi connectivity index (χ0v) is 36.8. The van der Waals surface area contributed by atoms with Crippen molar-refractivity contribution < 1.29 is 4.42 Å². The summed E-state index contributed by atoms with van der Waals surface area (Å²) < 4.78 is 9.38. The minimum atomic E-state index is 0.536. The zero-order chi connectivity index (χ0) is 45.0. The average molecular weight is 869 g/mol. The first-order valence-corrected chi connectivity index (χ1v) is 22.9. The molecule has 10 aromatic carbocycles. The summed E-state index contributed by atoms with van der Waals surface area (Å²) in [4.78, 5) is 15.7. The van der Waals surface area contributed by atoms with Crippen LogP contribution >= 0.6 is 0 Å². The number of benzene rings is 10. The van der Waals surface area contributed by atoms with Gasteiger partial charge < -0.3 is 8.98 Å². The van der Waals surface area contributed by atoms with Gasteiger partial charge in [0.1, 0.15) is 11.2 Å². The number of aromatic nitrogens is 4. The number of hydrogen-bond donors (Lipinski definition) is 0. The first-order valence-electron chi connectivity index (χ1n) is 22.9. The molecule has 0 aliphatic rings. The molecule has 13 rings (SSSR count). The fraction of sp³-hybridized carbons (Fsp3) is 0. The third-order valence-electron chi connectivity index (χ3n) is 13.1. The summed E-state index contributed by atoms with van der Waals surface area (Å²) in [5, 5.41) is 4.36. The van der Waals surface area contributed by atoms with Crippen LogP contribution in [0.4, 0.5) is 0 Å². The van der Waals surface area contributed by atoms with E-state index in [1.54, 1.807) is 0 Å². The number of furan rings is 1. The van der Waals surface area contributed by atoms with Crippen LogP contribution in [-0.2, 0) is 0 Å². The molecule has 3 aromatic heterocycles. The maximum atomic E-state index is 6.99. The van der Waals surface area contributed by atoms with Gasteiger partial charge in [-0.1, -0.05) is 188 Å². The highest BCUT2D eigenvalue weighted by molar-refractivity contribution is 6.25. The average Bonchev–Trinajstić information content (AvgIpc) is 3.98. The minimum absolute atomic E-state index is 0.536. The van der Waals surface area contributed by atoms with Gasteiger partial charge in [0.25, 0.3) is 0 Å². The third-order valence-corrected chi connectivity index (χ3v) is 13.1. The molecule has 5 heteroatoms. The third kappa shape index (κ3) is 6.84. The molecule has 0 atom stereocenters. The fourth-order valence-corrected chi connectivity index (χ4v) is 9.79. The van der Waals surface area contributed by atoms with E-state index in [-0.39, 0.29) is 0 Å². The van der Waals surface area contributed by atoms with Crippen LogP contribution < -0.4 is 0 Å². The monoisotopic (exact) mass is 868 g/mol. The Morgan fingerprint density at radius 1 is 0.309 bits per heavy atom. The van der Waals surface area contributed by atoms with Crippen molar-refractivity contribution in [1.29, 1.82) is 0 Å². The maximum Gasteiger partial charge on any atom is 0.167 e. The molecule has 68 heavy (non-hydrogen) atoms. The summed E-state index contributed by atoms with van der Waals surface area (Å²) in [6.07, 6.45) is 0. The van der Waals surface area contributed by atoms with Crippen LogP contribution in [-0.4, -0.2) is 19.5 Å². The molecule has 0 radical (unpaired) electrons. The van der Waals surface area contributed by atoms with Crippen molar-refractivity contribution in [1.82, 2.24) is 19.5 Å². The summed E-state index contributed by atoms with van der Waals surface area (Å²) in [6.45, 7) is 0. The SMILES string of the molecule is c1ccc(-c2cccc(-c3ccc(-n4c5ccccc5c5ccc6oc7c(-c8nc(-c9cccc(-c%10ccccc%10)c9)nc(-c9cccc(-c%10ccccc%10)c9)n8)cccc7c6c54)cc3)c2)cc1. The number of fused-ring (bicyclic) bond motifs is 7. The molecule has 5 nitrogen and oxygen atoms in total. The molecular formula is C63H40N4O. The van der Waals surface area contributed by atoms with Crippen LogP contribution in [0.5, 0.6) is 0 Å². The van der Waals surface area contributed by atoms with E-state index in [2.05, 4.69) is 235 Å². The predicted molar refractivity (Wildman–Crippen MR) is 279 cm³/mol. The standard InChI is InChI=1S/C63H40N4O/c1-4-16-41(17-5-1)45-22-12-23-46(38-45)44-32-34-51(35-33-44)67-56-31-11-10-28-52(56)53-36-37-57-58(59(53)67)54-29-15-30-55(60(54)68-57)63-65-61(49-26-13-24-47(39-49)42-18-6-2-7-19-42)64-62(66-63)50-27-14-25-48(40-50)43-20-8-3-9-21-43/h1-40H. The molecule has 0 amide bonds. The van der Waals surface area contributed by atoms with Crippen molar-refractivity contribution in [2.45, 2.75) is 0 Å². The Morgan fingerprint density at radius 3 is 1.32 bits per heavy atom. The summed E-state index contributed by atoms with van der Waals surface area (Å²) in [5.74, 6) is 1.70. The lowest BCUT2D eigenvalue weighted by atomic mass is 9.99. The second-order valence-corrected chi connectivity index (χ2v) is 17.2. The second-order valence-electron chi connectivity index (χ2n) is 17.2. The summed E-state index contributed by atoms with van der Waals surface area (Å²) in [6, 6.07) is 85.1. The van der Waals surface area contributed by atoms with Gasteiger partial charge in [-0.3, -0.25) is 0 Å². The van der Waals surface area contributed by atoms with Gasteiger partial charge in [0.15, 0.2) is 17.5 Å². The smallest absolute Gasteiger partial charge is 0.167 e. The zero-order valence-electron chi connectivity index (χ0n) is 36.8. The van der Waals surface area contributed by atoms with Crippen LogP contribution in [0, 0.1) is 0 Å². The minimum Gasteiger partial charge on any atom is -0.455 e. The molecule has 13 aromatic rings. The summed E-state index contributed by atoms with van der Waals surface area (Å²) in [7, 11) is 0. The van der Waals surface area contributed by atoms with Crippen molar-refractivity contribution in [2.75, 3.05) is 0 Å². The maximum absolute atomic E-state index is 6.99. The van der Waals surface area contributed by atoms with Crippen LogP contribution in [0.3, 0.4) is 0 Å². The highest BCUT2D eigenvalue weighted by atomic mass is 16.3. The largest absolute Gasteiger partial charge is 0.455 e. The Balaban J connectivity index is 0.985. The Labute approximate surface area is 392 Å². The molecular weight excluding hydrogens is 829 g/mol. The van der Waals surface area contributed by atoms with E-state index in [1.165, 1.54) is 22.1 Å². The molecule has 0 aliphatic carbocycles. The second kappa shape index (κ2) is 16.4. The van der Waals surface area contributed by atoms with Crippen LogP contribution in [0.1, 0.15) is 0 Å². The molecule has 0 spiro atoms. The molecule has 0 saturated carbocycles. The lowest BCUT2D eigenvalue weighted by Crippen LogP contribution is -2.00. The van der Waals surface area contributed by atoms with Gasteiger partial charge in [0, 0.05) is 33.0 Å². The van der Waals surface area contributed by atoms with Crippen LogP contribution in [0.25, 0.3) is 128 Å². The summed E-state index contributed by atoms with van der Waals surface area (Å²) in [5.41, 5.74) is 16.5. The molecule has 3 heterocycles. The van der Waals surface area contributed by atoms with E-state index in [9.17, 15) is 0 Å².